The minimum absolute atomic E-state index is 0.439. The highest BCUT2D eigenvalue weighted by molar-refractivity contribution is 7.86. The molecule has 1 heterocycles. The maximum Gasteiger partial charge on any atom is 0.107 e. The van der Waals surface area contributed by atoms with Crippen LogP contribution in [0.1, 0.15) is 17.2 Å². The smallest absolute Gasteiger partial charge is 0.107 e. The van der Waals surface area contributed by atoms with Crippen molar-refractivity contribution in [3.05, 3.63) is 41.5 Å². The van der Waals surface area contributed by atoms with Crippen LogP contribution in [0.4, 0.5) is 4.39 Å². The van der Waals surface area contributed by atoms with Gasteiger partial charge in [-0.1, -0.05) is 30.3 Å². The Morgan fingerprint density at radius 1 is 1.42 bits per heavy atom. The van der Waals surface area contributed by atoms with E-state index in [4.69, 9.17) is 10.5 Å². The summed E-state index contributed by atoms with van der Waals surface area (Å²) in [6.07, 6.45) is 1.57. The second-order valence-electron chi connectivity index (χ2n) is 4.58. The lowest BCUT2D eigenvalue weighted by atomic mass is 9.99. The molecule has 3 nitrogen and oxygen atoms in total. The van der Waals surface area contributed by atoms with Crippen molar-refractivity contribution in [1.82, 2.24) is 0 Å². The second-order valence-corrected chi connectivity index (χ2v) is 6.08. The normalized spacial score (nSPS) is 22.1. The Hall–Kier alpha value is -1.04. The lowest BCUT2D eigenvalue weighted by Crippen LogP contribution is -2.31. The lowest BCUT2D eigenvalue weighted by Gasteiger charge is -2.20. The summed E-state index contributed by atoms with van der Waals surface area (Å²) in [4.78, 5) is 0. The van der Waals surface area contributed by atoms with Crippen molar-refractivity contribution < 1.29 is 13.3 Å². The number of benzene rings is 1. The summed E-state index contributed by atoms with van der Waals surface area (Å²) >= 11 is 0. The van der Waals surface area contributed by atoms with E-state index >= 15 is 0 Å². The van der Waals surface area contributed by atoms with E-state index in [-0.39, 0.29) is 0 Å². The van der Waals surface area contributed by atoms with E-state index in [0.717, 1.165) is 16.7 Å². The molecule has 2 N–H and O–H groups in total. The molecule has 0 fully saturated rings. The molecule has 0 bridgehead atoms. The van der Waals surface area contributed by atoms with Crippen LogP contribution < -0.4 is 5.73 Å². The third-order valence-electron chi connectivity index (χ3n) is 3.26. The first-order valence-electron chi connectivity index (χ1n) is 6.14. The summed E-state index contributed by atoms with van der Waals surface area (Å²) in [7, 11) is 0.760. The van der Waals surface area contributed by atoms with Crippen LogP contribution in [0.3, 0.4) is 0 Å². The molecule has 0 aliphatic carbocycles. The van der Waals surface area contributed by atoms with Gasteiger partial charge in [-0.25, -0.2) is 4.39 Å². The first-order valence-corrected chi connectivity index (χ1v) is 7.63. The van der Waals surface area contributed by atoms with Gasteiger partial charge in [0.25, 0.3) is 0 Å². The van der Waals surface area contributed by atoms with Gasteiger partial charge in [0.15, 0.2) is 0 Å². The lowest BCUT2D eigenvalue weighted by molar-refractivity contribution is 0.0721. The summed E-state index contributed by atoms with van der Waals surface area (Å²) in [5.74, 6) is 1.24. The molecule has 1 unspecified atom stereocenters. The van der Waals surface area contributed by atoms with E-state index in [1.54, 1.807) is 0 Å². The molecule has 5 heteroatoms. The number of methoxy groups -OCH3 is 1. The van der Waals surface area contributed by atoms with E-state index in [1.165, 1.54) is 7.11 Å². The van der Waals surface area contributed by atoms with Gasteiger partial charge in [0, 0.05) is 29.4 Å². The molecule has 0 aromatic heterocycles. The zero-order valence-corrected chi connectivity index (χ0v) is 11.7. The van der Waals surface area contributed by atoms with E-state index < -0.39 is 29.6 Å². The summed E-state index contributed by atoms with van der Waals surface area (Å²) < 4.78 is 29.2. The molecule has 3 atom stereocenters. The number of rotatable bonds is 5. The summed E-state index contributed by atoms with van der Waals surface area (Å²) in [6, 6.07) is 7.01. The number of ether oxygens (including phenoxy) is 1. The Bertz CT molecular complexity index is 487. The van der Waals surface area contributed by atoms with Gasteiger partial charge in [0.1, 0.15) is 6.67 Å². The van der Waals surface area contributed by atoms with Crippen molar-refractivity contribution in [3.8, 4) is 0 Å². The Labute approximate surface area is 115 Å². The van der Waals surface area contributed by atoms with Crippen LogP contribution in [0.15, 0.2) is 30.3 Å². The molecule has 104 valence electrons. The van der Waals surface area contributed by atoms with Gasteiger partial charge in [-0.3, -0.25) is 4.21 Å². The van der Waals surface area contributed by atoms with Gasteiger partial charge in [-0.15, -0.1) is 0 Å². The maximum absolute atomic E-state index is 12.6. The molecule has 0 saturated heterocycles. The van der Waals surface area contributed by atoms with Gasteiger partial charge < -0.3 is 10.5 Å². The van der Waals surface area contributed by atoms with E-state index in [0.29, 0.717) is 11.5 Å². The Kier molecular flexibility index (Phi) is 4.85. The third kappa shape index (κ3) is 3.29. The molecule has 0 saturated carbocycles. The SMILES string of the molecule is CO[C@H](c1ccc(C2=CCS(=O)C2)cc1)[C@H](N)CF. The second kappa shape index (κ2) is 6.41. The highest BCUT2D eigenvalue weighted by atomic mass is 32.2. The fourth-order valence-corrected chi connectivity index (χ4v) is 3.35. The van der Waals surface area contributed by atoms with Crippen molar-refractivity contribution in [1.29, 1.82) is 0 Å². The largest absolute Gasteiger partial charge is 0.375 e. The molecular weight excluding hydrogens is 265 g/mol. The average molecular weight is 283 g/mol. The maximum atomic E-state index is 12.6. The predicted octanol–water partition coefficient (Wildman–Crippen LogP) is 1.82. The average Bonchev–Trinajstić information content (AvgIpc) is 2.87. The van der Waals surface area contributed by atoms with Crippen molar-refractivity contribution in [2.45, 2.75) is 12.1 Å². The molecule has 0 radical (unpaired) electrons. The number of alkyl halides is 1. The summed E-state index contributed by atoms with van der Waals surface area (Å²) in [5, 5.41) is 0. The Balaban J connectivity index is 2.16. The first-order chi connectivity index (χ1) is 9.15. The van der Waals surface area contributed by atoms with Crippen LogP contribution in [0.25, 0.3) is 5.57 Å². The number of hydrogen-bond donors (Lipinski definition) is 1. The fourth-order valence-electron chi connectivity index (χ4n) is 2.21. The number of hydrogen-bond acceptors (Lipinski definition) is 3. The van der Waals surface area contributed by atoms with Gasteiger partial charge in [0.05, 0.1) is 12.1 Å². The molecule has 1 aliphatic heterocycles. The highest BCUT2D eigenvalue weighted by Gasteiger charge is 2.20. The first kappa shape index (κ1) is 14.4. The van der Waals surface area contributed by atoms with Crippen LogP contribution in [-0.2, 0) is 15.5 Å². The van der Waals surface area contributed by atoms with Crippen LogP contribution in [0.2, 0.25) is 0 Å². The molecule has 1 aromatic rings. The number of halogens is 1. The van der Waals surface area contributed by atoms with Gasteiger partial charge in [-0.05, 0) is 16.7 Å². The van der Waals surface area contributed by atoms with Crippen LogP contribution >= 0.6 is 0 Å². The van der Waals surface area contributed by atoms with E-state index in [2.05, 4.69) is 0 Å². The van der Waals surface area contributed by atoms with E-state index in [1.807, 2.05) is 30.3 Å². The quantitative estimate of drug-likeness (QED) is 0.896. The van der Waals surface area contributed by atoms with Gasteiger partial charge in [0.2, 0.25) is 0 Å². The van der Waals surface area contributed by atoms with E-state index in [9.17, 15) is 8.60 Å². The van der Waals surface area contributed by atoms with Gasteiger partial charge in [-0.2, -0.15) is 0 Å². The molecule has 2 rings (SSSR count). The number of nitrogens with two attached hydrogens (primary N) is 1. The minimum Gasteiger partial charge on any atom is -0.375 e. The van der Waals surface area contributed by atoms with Crippen LogP contribution in [-0.4, -0.2) is 35.5 Å². The highest BCUT2D eigenvalue weighted by Crippen LogP contribution is 2.25. The van der Waals surface area contributed by atoms with Crippen molar-refractivity contribution in [2.24, 2.45) is 5.73 Å². The van der Waals surface area contributed by atoms with Crippen LogP contribution in [0.5, 0.6) is 0 Å². The fraction of sp³-hybridized carbons (Fsp3) is 0.429. The minimum atomic E-state index is -0.765. The standard InChI is InChI=1S/C14H18FNO2S/c1-18-14(13(16)8-15)11-4-2-10(3-5-11)12-6-7-19(17)9-12/h2-6,13-14H,7-9,16H2,1H3/t13-,14-,19?/m1/s1. The third-order valence-corrected chi connectivity index (χ3v) is 4.43. The molecule has 19 heavy (non-hydrogen) atoms. The zero-order valence-electron chi connectivity index (χ0n) is 10.8. The van der Waals surface area contributed by atoms with Crippen LogP contribution in [0, 0.1) is 0 Å². The van der Waals surface area contributed by atoms with Crippen molar-refractivity contribution in [2.75, 3.05) is 25.3 Å². The Morgan fingerprint density at radius 3 is 2.58 bits per heavy atom. The topological polar surface area (TPSA) is 52.3 Å². The van der Waals surface area contributed by atoms with Crippen molar-refractivity contribution >= 4 is 16.4 Å². The van der Waals surface area contributed by atoms with Crippen molar-refractivity contribution in [3.63, 3.8) is 0 Å². The predicted molar refractivity (Wildman–Crippen MR) is 76.0 cm³/mol. The molecule has 0 spiro atoms. The summed E-state index contributed by atoms with van der Waals surface area (Å²) in [6.45, 7) is -0.621. The zero-order chi connectivity index (χ0) is 13.8. The molecule has 1 aliphatic rings. The molecule has 1 aromatic carbocycles. The Morgan fingerprint density at radius 2 is 2.11 bits per heavy atom. The summed E-state index contributed by atoms with van der Waals surface area (Å²) in [5.41, 5.74) is 8.70. The van der Waals surface area contributed by atoms with Gasteiger partial charge >= 0.3 is 0 Å². The monoisotopic (exact) mass is 283 g/mol. The molecule has 0 amide bonds. The molecular formula is C14H18FNO2S.